The van der Waals surface area contributed by atoms with E-state index in [0.29, 0.717) is 29.2 Å². The van der Waals surface area contributed by atoms with Crippen molar-refractivity contribution in [3.05, 3.63) is 26.4 Å². The number of thiophene rings is 1. The highest BCUT2D eigenvalue weighted by Gasteiger charge is 2.42. The van der Waals surface area contributed by atoms with Crippen LogP contribution in [0.25, 0.3) is 0 Å². The minimum Gasteiger partial charge on any atom is -0.328 e. The lowest BCUT2D eigenvalue weighted by atomic mass is 9.87. The molecule has 0 radical (unpaired) electrons. The summed E-state index contributed by atoms with van der Waals surface area (Å²) in [6.45, 7) is 3.97. The van der Waals surface area contributed by atoms with Crippen molar-refractivity contribution in [2.75, 3.05) is 5.32 Å². The van der Waals surface area contributed by atoms with Gasteiger partial charge in [0.2, 0.25) is 5.13 Å². The van der Waals surface area contributed by atoms with Gasteiger partial charge >= 0.3 is 0 Å². The number of amides is 1. The topological polar surface area (TPSA) is 92.9 Å². The van der Waals surface area contributed by atoms with Crippen LogP contribution in [-0.2, 0) is 0 Å². The van der Waals surface area contributed by atoms with Crippen LogP contribution >= 0.6 is 22.7 Å². The standard InChI is InChI=1S/C16H21N5OS2/c1-7-11(12-5-13(12)18-10-3-9(17)4-10)6-14(23-7)15(22)19-16-21-20-8(2)24-16/h6,9-10,12-13,18H,3-5,17H2,1-2H3,(H,19,21,22). The molecule has 0 spiro atoms. The first-order chi connectivity index (χ1) is 11.5. The summed E-state index contributed by atoms with van der Waals surface area (Å²) >= 11 is 2.94. The number of aromatic nitrogens is 2. The van der Waals surface area contributed by atoms with Gasteiger partial charge < -0.3 is 11.1 Å². The Morgan fingerprint density at radius 2 is 2.04 bits per heavy atom. The molecule has 6 nitrogen and oxygen atoms in total. The molecule has 2 aromatic heterocycles. The highest BCUT2D eigenvalue weighted by molar-refractivity contribution is 7.16. The molecule has 2 heterocycles. The number of aryl methyl sites for hydroxylation is 2. The number of carbonyl (C=O) groups excluding carboxylic acids is 1. The Balaban J connectivity index is 1.38. The molecular weight excluding hydrogens is 342 g/mol. The maximum Gasteiger partial charge on any atom is 0.267 e. The number of anilines is 1. The summed E-state index contributed by atoms with van der Waals surface area (Å²) in [5.74, 6) is 0.434. The lowest BCUT2D eigenvalue weighted by Gasteiger charge is -2.33. The predicted octanol–water partition coefficient (Wildman–Crippen LogP) is 2.40. The summed E-state index contributed by atoms with van der Waals surface area (Å²) in [7, 11) is 0. The normalized spacial score (nSPS) is 28.5. The number of rotatable bonds is 5. The summed E-state index contributed by atoms with van der Waals surface area (Å²) in [5, 5.41) is 15.8. The van der Waals surface area contributed by atoms with E-state index < -0.39 is 0 Å². The van der Waals surface area contributed by atoms with Gasteiger partial charge in [0.15, 0.2) is 0 Å². The Morgan fingerprint density at radius 3 is 2.71 bits per heavy atom. The SMILES string of the molecule is Cc1nnc(NC(=O)c2cc(C3CC3NC3CC(N)C3)c(C)s2)s1. The van der Waals surface area contributed by atoms with E-state index >= 15 is 0 Å². The zero-order valence-corrected chi connectivity index (χ0v) is 15.3. The quantitative estimate of drug-likeness (QED) is 0.758. The number of nitrogens with two attached hydrogens (primary N) is 1. The van der Waals surface area contributed by atoms with Crippen molar-refractivity contribution in [2.45, 2.75) is 57.2 Å². The fraction of sp³-hybridized carbons (Fsp3) is 0.562. The van der Waals surface area contributed by atoms with Crippen molar-refractivity contribution in [1.82, 2.24) is 15.5 Å². The molecule has 1 amide bonds. The van der Waals surface area contributed by atoms with Crippen molar-refractivity contribution in [1.29, 1.82) is 0 Å². The number of carbonyl (C=O) groups is 1. The molecule has 4 N–H and O–H groups in total. The fourth-order valence-electron chi connectivity index (χ4n) is 3.31. The van der Waals surface area contributed by atoms with Gasteiger partial charge in [-0.25, -0.2) is 0 Å². The molecule has 0 bridgehead atoms. The number of nitrogens with zero attached hydrogens (tertiary/aromatic N) is 2. The maximum atomic E-state index is 12.4. The van der Waals surface area contributed by atoms with E-state index in [4.69, 9.17) is 5.73 Å². The van der Waals surface area contributed by atoms with Crippen LogP contribution in [0, 0.1) is 13.8 Å². The van der Waals surface area contributed by atoms with Crippen molar-refractivity contribution in [2.24, 2.45) is 5.73 Å². The molecule has 0 saturated heterocycles. The van der Waals surface area contributed by atoms with E-state index in [1.165, 1.54) is 21.8 Å². The van der Waals surface area contributed by atoms with Gasteiger partial charge in [0.1, 0.15) is 5.01 Å². The Kier molecular flexibility index (Phi) is 4.16. The number of hydrogen-bond donors (Lipinski definition) is 3. The second kappa shape index (κ2) is 6.18. The first kappa shape index (κ1) is 16.1. The zero-order valence-electron chi connectivity index (χ0n) is 13.7. The Morgan fingerprint density at radius 1 is 1.25 bits per heavy atom. The molecule has 0 aromatic carbocycles. The van der Waals surface area contributed by atoms with Crippen LogP contribution in [0.5, 0.6) is 0 Å². The van der Waals surface area contributed by atoms with E-state index in [-0.39, 0.29) is 5.91 Å². The molecule has 2 aromatic rings. The smallest absolute Gasteiger partial charge is 0.267 e. The van der Waals surface area contributed by atoms with Crippen LogP contribution in [0.4, 0.5) is 5.13 Å². The summed E-state index contributed by atoms with van der Waals surface area (Å²) in [5.41, 5.74) is 7.15. The van der Waals surface area contributed by atoms with Crippen molar-refractivity contribution in [3.8, 4) is 0 Å². The third-order valence-electron chi connectivity index (χ3n) is 4.74. The van der Waals surface area contributed by atoms with Crippen molar-refractivity contribution < 1.29 is 4.79 Å². The Hall–Kier alpha value is -1.35. The van der Waals surface area contributed by atoms with Gasteiger partial charge in [-0.05, 0) is 44.7 Å². The van der Waals surface area contributed by atoms with E-state index in [2.05, 4.69) is 27.8 Å². The molecular formula is C16H21N5OS2. The van der Waals surface area contributed by atoms with Gasteiger partial charge in [-0.2, -0.15) is 0 Å². The molecule has 8 heteroatoms. The molecule has 24 heavy (non-hydrogen) atoms. The lowest BCUT2D eigenvalue weighted by molar-refractivity contribution is 0.103. The molecule has 128 valence electrons. The summed E-state index contributed by atoms with van der Waals surface area (Å²) in [6.07, 6.45) is 3.32. The second-order valence-electron chi connectivity index (χ2n) is 6.75. The van der Waals surface area contributed by atoms with Gasteiger partial charge in [-0.15, -0.1) is 21.5 Å². The second-order valence-corrected chi connectivity index (χ2v) is 9.18. The summed E-state index contributed by atoms with van der Waals surface area (Å²) < 4.78 is 0. The van der Waals surface area contributed by atoms with Crippen molar-refractivity contribution in [3.63, 3.8) is 0 Å². The maximum absolute atomic E-state index is 12.4. The monoisotopic (exact) mass is 363 g/mol. The fourth-order valence-corrected chi connectivity index (χ4v) is 4.88. The summed E-state index contributed by atoms with van der Waals surface area (Å²) in [6, 6.07) is 3.54. The van der Waals surface area contributed by atoms with E-state index in [1.807, 2.05) is 13.0 Å². The minimum atomic E-state index is -0.0966. The van der Waals surface area contributed by atoms with Gasteiger partial charge in [0, 0.05) is 28.9 Å². The van der Waals surface area contributed by atoms with Gasteiger partial charge in [0.05, 0.1) is 4.88 Å². The molecule has 2 aliphatic rings. The Labute approximate surface area is 148 Å². The molecule has 2 unspecified atom stereocenters. The molecule has 4 rings (SSSR count). The first-order valence-corrected chi connectivity index (χ1v) is 9.86. The van der Waals surface area contributed by atoms with Gasteiger partial charge in [0.25, 0.3) is 5.91 Å². The third-order valence-corrected chi connectivity index (χ3v) is 6.56. The number of nitrogens with one attached hydrogen (secondary N) is 2. The highest BCUT2D eigenvalue weighted by Crippen LogP contribution is 2.45. The molecule has 2 fully saturated rings. The van der Waals surface area contributed by atoms with E-state index in [9.17, 15) is 4.79 Å². The molecule has 2 atom stereocenters. The van der Waals surface area contributed by atoms with Crippen LogP contribution < -0.4 is 16.4 Å². The van der Waals surface area contributed by atoms with Crippen LogP contribution in [-0.4, -0.2) is 34.2 Å². The van der Waals surface area contributed by atoms with E-state index in [0.717, 1.165) is 29.1 Å². The van der Waals surface area contributed by atoms with Crippen LogP contribution in [0.15, 0.2) is 6.07 Å². The number of hydrogen-bond acceptors (Lipinski definition) is 7. The highest BCUT2D eigenvalue weighted by atomic mass is 32.1. The predicted molar refractivity (Wildman–Crippen MR) is 96.9 cm³/mol. The summed E-state index contributed by atoms with van der Waals surface area (Å²) in [4.78, 5) is 14.4. The average molecular weight is 364 g/mol. The van der Waals surface area contributed by atoms with Gasteiger partial charge in [-0.1, -0.05) is 11.3 Å². The van der Waals surface area contributed by atoms with Gasteiger partial charge in [-0.3, -0.25) is 10.1 Å². The molecule has 2 aliphatic carbocycles. The zero-order chi connectivity index (χ0) is 16.8. The molecule has 0 aliphatic heterocycles. The third kappa shape index (κ3) is 3.23. The first-order valence-electron chi connectivity index (χ1n) is 8.23. The van der Waals surface area contributed by atoms with Crippen LogP contribution in [0.2, 0.25) is 0 Å². The van der Waals surface area contributed by atoms with Crippen molar-refractivity contribution >= 4 is 33.7 Å². The van der Waals surface area contributed by atoms with Crippen LogP contribution in [0.1, 0.15) is 50.3 Å². The average Bonchev–Trinajstić information content (AvgIpc) is 2.95. The molecule has 2 saturated carbocycles. The lowest BCUT2D eigenvalue weighted by Crippen LogP contribution is -2.49. The Bertz CT molecular complexity index is 764. The van der Waals surface area contributed by atoms with Crippen LogP contribution in [0.3, 0.4) is 0 Å². The van der Waals surface area contributed by atoms with E-state index in [1.54, 1.807) is 11.3 Å². The minimum absolute atomic E-state index is 0.0966. The largest absolute Gasteiger partial charge is 0.328 e.